The molecule has 0 aromatic rings. The zero-order valence-corrected chi connectivity index (χ0v) is 8.25. The summed E-state index contributed by atoms with van der Waals surface area (Å²) in [7, 11) is 1.88. The standard InChI is InChI=1S/C11H20O/c1-8-6-9-4-3-5-11(12-2)10(9)7-8/h8-11H,3-7H2,1-2H3/t8-,9?,10?,11?/m0/s1. The Balaban J connectivity index is 2.02. The van der Waals surface area contributed by atoms with Gasteiger partial charge in [0, 0.05) is 7.11 Å². The van der Waals surface area contributed by atoms with E-state index in [1.807, 2.05) is 7.11 Å². The van der Waals surface area contributed by atoms with E-state index in [0.717, 1.165) is 17.8 Å². The van der Waals surface area contributed by atoms with Crippen LogP contribution in [-0.2, 0) is 4.74 Å². The second kappa shape index (κ2) is 3.37. The van der Waals surface area contributed by atoms with E-state index in [1.54, 1.807) is 0 Å². The van der Waals surface area contributed by atoms with Gasteiger partial charge in [-0.05, 0) is 43.4 Å². The minimum atomic E-state index is 0.591. The van der Waals surface area contributed by atoms with E-state index in [9.17, 15) is 0 Å². The van der Waals surface area contributed by atoms with Crippen LogP contribution in [0.15, 0.2) is 0 Å². The van der Waals surface area contributed by atoms with Crippen LogP contribution in [0.1, 0.15) is 39.0 Å². The molecular formula is C11H20O. The lowest BCUT2D eigenvalue weighted by molar-refractivity contribution is 0.00674. The van der Waals surface area contributed by atoms with Gasteiger partial charge < -0.3 is 4.74 Å². The van der Waals surface area contributed by atoms with Gasteiger partial charge in [0.1, 0.15) is 0 Å². The van der Waals surface area contributed by atoms with Crippen LogP contribution < -0.4 is 0 Å². The Morgan fingerprint density at radius 2 is 2.00 bits per heavy atom. The maximum atomic E-state index is 5.55. The van der Waals surface area contributed by atoms with Gasteiger partial charge in [0.25, 0.3) is 0 Å². The summed E-state index contributed by atoms with van der Waals surface area (Å²) in [6.07, 6.45) is 7.65. The molecule has 0 radical (unpaired) electrons. The van der Waals surface area contributed by atoms with Crippen molar-refractivity contribution in [2.75, 3.05) is 7.11 Å². The third kappa shape index (κ3) is 1.39. The average molecular weight is 168 g/mol. The van der Waals surface area contributed by atoms with Gasteiger partial charge in [-0.25, -0.2) is 0 Å². The van der Waals surface area contributed by atoms with Gasteiger partial charge in [0.05, 0.1) is 6.10 Å². The lowest BCUT2D eigenvalue weighted by Crippen LogP contribution is -2.30. The van der Waals surface area contributed by atoms with E-state index in [0.29, 0.717) is 6.10 Å². The van der Waals surface area contributed by atoms with Gasteiger partial charge in [-0.1, -0.05) is 13.3 Å². The number of ether oxygens (including phenoxy) is 1. The molecule has 0 amide bonds. The van der Waals surface area contributed by atoms with Crippen molar-refractivity contribution in [2.24, 2.45) is 17.8 Å². The first kappa shape index (κ1) is 8.55. The van der Waals surface area contributed by atoms with Crippen molar-refractivity contribution in [3.8, 4) is 0 Å². The molecular weight excluding hydrogens is 148 g/mol. The molecule has 0 saturated heterocycles. The molecule has 2 aliphatic carbocycles. The van der Waals surface area contributed by atoms with Crippen molar-refractivity contribution in [3.05, 3.63) is 0 Å². The van der Waals surface area contributed by atoms with Crippen molar-refractivity contribution < 1.29 is 4.74 Å². The van der Waals surface area contributed by atoms with E-state index in [2.05, 4.69) is 6.92 Å². The first-order chi connectivity index (χ1) is 5.81. The van der Waals surface area contributed by atoms with Gasteiger partial charge >= 0.3 is 0 Å². The topological polar surface area (TPSA) is 9.23 Å². The lowest BCUT2D eigenvalue weighted by atomic mass is 9.79. The van der Waals surface area contributed by atoms with Crippen LogP contribution in [-0.4, -0.2) is 13.2 Å². The number of rotatable bonds is 1. The van der Waals surface area contributed by atoms with Gasteiger partial charge in [0.15, 0.2) is 0 Å². The maximum absolute atomic E-state index is 5.55. The minimum Gasteiger partial charge on any atom is -0.381 e. The lowest BCUT2D eigenvalue weighted by Gasteiger charge is -2.32. The molecule has 0 spiro atoms. The molecule has 0 aromatic heterocycles. The summed E-state index contributed by atoms with van der Waals surface area (Å²) in [5.41, 5.74) is 0. The fourth-order valence-electron chi connectivity index (χ4n) is 3.32. The third-order valence-corrected chi connectivity index (χ3v) is 3.83. The van der Waals surface area contributed by atoms with Crippen LogP contribution in [0.5, 0.6) is 0 Å². The van der Waals surface area contributed by atoms with Gasteiger partial charge in [-0.3, -0.25) is 0 Å². The van der Waals surface area contributed by atoms with E-state index in [1.165, 1.54) is 32.1 Å². The van der Waals surface area contributed by atoms with Crippen LogP contribution in [0.3, 0.4) is 0 Å². The van der Waals surface area contributed by atoms with Crippen LogP contribution in [0.4, 0.5) is 0 Å². The van der Waals surface area contributed by atoms with E-state index >= 15 is 0 Å². The Hall–Kier alpha value is -0.0400. The van der Waals surface area contributed by atoms with E-state index in [-0.39, 0.29) is 0 Å². The molecule has 3 unspecified atom stereocenters. The highest BCUT2D eigenvalue weighted by atomic mass is 16.5. The fraction of sp³-hybridized carbons (Fsp3) is 1.00. The summed E-state index contributed by atoms with van der Waals surface area (Å²) >= 11 is 0. The highest BCUT2D eigenvalue weighted by molar-refractivity contribution is 4.89. The van der Waals surface area contributed by atoms with Crippen LogP contribution >= 0.6 is 0 Å². The molecule has 2 aliphatic rings. The van der Waals surface area contributed by atoms with E-state index in [4.69, 9.17) is 4.74 Å². The SMILES string of the molecule is COC1CCCC2C[C@H](C)CC21. The molecule has 0 aromatic carbocycles. The summed E-state index contributed by atoms with van der Waals surface area (Å²) < 4.78 is 5.55. The molecule has 0 heterocycles. The zero-order valence-electron chi connectivity index (χ0n) is 8.25. The third-order valence-electron chi connectivity index (χ3n) is 3.83. The highest BCUT2D eigenvalue weighted by Crippen LogP contribution is 2.45. The van der Waals surface area contributed by atoms with Crippen LogP contribution in [0, 0.1) is 17.8 Å². The first-order valence-corrected chi connectivity index (χ1v) is 5.34. The second-order valence-electron chi connectivity index (χ2n) is 4.71. The Labute approximate surface area is 75.5 Å². The van der Waals surface area contributed by atoms with Gasteiger partial charge in [-0.15, -0.1) is 0 Å². The summed E-state index contributed by atoms with van der Waals surface area (Å²) in [6.45, 7) is 2.39. The molecule has 2 fully saturated rings. The molecule has 1 heteroatoms. The molecule has 2 rings (SSSR count). The van der Waals surface area contributed by atoms with Crippen molar-refractivity contribution in [3.63, 3.8) is 0 Å². The molecule has 2 saturated carbocycles. The average Bonchev–Trinajstić information content (AvgIpc) is 2.44. The number of fused-ring (bicyclic) bond motifs is 1. The van der Waals surface area contributed by atoms with E-state index < -0.39 is 0 Å². The van der Waals surface area contributed by atoms with Crippen molar-refractivity contribution >= 4 is 0 Å². The van der Waals surface area contributed by atoms with Crippen LogP contribution in [0.2, 0.25) is 0 Å². The predicted molar refractivity (Wildman–Crippen MR) is 50.0 cm³/mol. The van der Waals surface area contributed by atoms with Crippen molar-refractivity contribution in [1.29, 1.82) is 0 Å². The van der Waals surface area contributed by atoms with Crippen molar-refractivity contribution in [2.45, 2.75) is 45.1 Å². The Bertz CT molecular complexity index is 149. The summed E-state index contributed by atoms with van der Waals surface area (Å²) in [4.78, 5) is 0. The molecule has 0 N–H and O–H groups in total. The molecule has 4 atom stereocenters. The first-order valence-electron chi connectivity index (χ1n) is 5.34. The molecule has 0 bridgehead atoms. The number of methoxy groups -OCH3 is 1. The maximum Gasteiger partial charge on any atom is 0.0602 e. The quantitative estimate of drug-likeness (QED) is 0.585. The minimum absolute atomic E-state index is 0.591. The Morgan fingerprint density at radius 1 is 1.17 bits per heavy atom. The zero-order chi connectivity index (χ0) is 8.55. The van der Waals surface area contributed by atoms with Crippen LogP contribution in [0.25, 0.3) is 0 Å². The monoisotopic (exact) mass is 168 g/mol. The molecule has 70 valence electrons. The molecule has 0 aliphatic heterocycles. The van der Waals surface area contributed by atoms with Gasteiger partial charge in [0.2, 0.25) is 0 Å². The smallest absolute Gasteiger partial charge is 0.0602 e. The second-order valence-corrected chi connectivity index (χ2v) is 4.71. The number of hydrogen-bond donors (Lipinski definition) is 0. The Morgan fingerprint density at radius 3 is 2.75 bits per heavy atom. The highest BCUT2D eigenvalue weighted by Gasteiger charge is 2.39. The summed E-state index contributed by atoms with van der Waals surface area (Å²) in [6, 6.07) is 0. The summed E-state index contributed by atoms with van der Waals surface area (Å²) in [5, 5.41) is 0. The Kier molecular flexibility index (Phi) is 2.40. The largest absolute Gasteiger partial charge is 0.381 e. The van der Waals surface area contributed by atoms with Crippen molar-refractivity contribution in [1.82, 2.24) is 0 Å². The normalized spacial score (nSPS) is 47.5. The summed E-state index contributed by atoms with van der Waals surface area (Å²) in [5.74, 6) is 2.85. The molecule has 1 nitrogen and oxygen atoms in total. The van der Waals surface area contributed by atoms with Gasteiger partial charge in [-0.2, -0.15) is 0 Å². The predicted octanol–water partition coefficient (Wildman–Crippen LogP) is 2.85. The molecule has 12 heavy (non-hydrogen) atoms. The fourth-order valence-corrected chi connectivity index (χ4v) is 3.32. The number of hydrogen-bond acceptors (Lipinski definition) is 1.